The molecule has 17 heavy (non-hydrogen) atoms. The van der Waals surface area contributed by atoms with Crippen molar-refractivity contribution >= 4 is 11.0 Å². The molecule has 0 spiro atoms. The van der Waals surface area contributed by atoms with Crippen molar-refractivity contribution in [1.29, 1.82) is 0 Å². The van der Waals surface area contributed by atoms with Crippen LogP contribution in [0.5, 0.6) is 0 Å². The van der Waals surface area contributed by atoms with Crippen LogP contribution in [0.2, 0.25) is 0 Å². The Labute approximate surface area is 98.6 Å². The van der Waals surface area contributed by atoms with Crippen LogP contribution in [-0.2, 0) is 6.54 Å². The minimum atomic E-state index is -0.625. The van der Waals surface area contributed by atoms with Crippen molar-refractivity contribution in [1.82, 2.24) is 5.32 Å². The topological polar surface area (TPSA) is 25.2 Å². The Morgan fingerprint density at radius 1 is 1.18 bits per heavy atom. The van der Waals surface area contributed by atoms with Gasteiger partial charge in [-0.2, -0.15) is 0 Å². The van der Waals surface area contributed by atoms with Crippen molar-refractivity contribution in [2.75, 3.05) is 0 Å². The third-order valence-electron chi connectivity index (χ3n) is 2.40. The van der Waals surface area contributed by atoms with Crippen molar-refractivity contribution in [3.8, 4) is 0 Å². The third-order valence-corrected chi connectivity index (χ3v) is 2.40. The van der Waals surface area contributed by atoms with E-state index in [0.29, 0.717) is 17.7 Å². The molecular weight excluding hydrogens is 224 g/mol. The first-order valence-corrected chi connectivity index (χ1v) is 5.48. The second kappa shape index (κ2) is 4.11. The van der Waals surface area contributed by atoms with Crippen LogP contribution in [0.3, 0.4) is 0 Å². The van der Waals surface area contributed by atoms with E-state index < -0.39 is 11.6 Å². The van der Waals surface area contributed by atoms with Gasteiger partial charge in [0.25, 0.3) is 0 Å². The lowest BCUT2D eigenvalue weighted by Gasteiger charge is -2.19. The Bertz CT molecular complexity index is 540. The van der Waals surface area contributed by atoms with Crippen molar-refractivity contribution in [2.45, 2.75) is 32.9 Å². The molecular formula is C13H15F2NO. The van der Waals surface area contributed by atoms with Gasteiger partial charge in [0.05, 0.1) is 11.9 Å². The molecule has 2 aromatic rings. The smallest absolute Gasteiger partial charge is 0.140 e. The molecule has 0 unspecified atom stereocenters. The van der Waals surface area contributed by atoms with E-state index in [1.54, 1.807) is 6.07 Å². The summed E-state index contributed by atoms with van der Waals surface area (Å²) in [6, 6.07) is 3.65. The molecule has 1 heterocycles. The van der Waals surface area contributed by atoms with E-state index in [4.69, 9.17) is 4.42 Å². The Morgan fingerprint density at radius 3 is 2.53 bits per heavy atom. The summed E-state index contributed by atoms with van der Waals surface area (Å²) in [5.74, 6) is -0.620. The molecule has 0 aliphatic carbocycles. The fourth-order valence-corrected chi connectivity index (χ4v) is 1.56. The van der Waals surface area contributed by atoms with E-state index >= 15 is 0 Å². The molecule has 0 fully saturated rings. The molecule has 0 aliphatic heterocycles. The van der Waals surface area contributed by atoms with Gasteiger partial charge in [-0.05, 0) is 26.8 Å². The molecule has 0 bridgehead atoms. The van der Waals surface area contributed by atoms with Crippen LogP contribution in [-0.4, -0.2) is 5.54 Å². The number of fused-ring (bicyclic) bond motifs is 1. The molecule has 0 radical (unpaired) electrons. The van der Waals surface area contributed by atoms with Crippen molar-refractivity contribution in [3.05, 3.63) is 35.6 Å². The zero-order valence-electron chi connectivity index (χ0n) is 10.1. The number of hydrogen-bond acceptors (Lipinski definition) is 2. The van der Waals surface area contributed by atoms with Gasteiger partial charge in [-0.15, -0.1) is 0 Å². The predicted octanol–water partition coefficient (Wildman–Crippen LogP) is 3.60. The normalized spacial score (nSPS) is 12.3. The lowest BCUT2D eigenvalue weighted by Crippen LogP contribution is -2.34. The lowest BCUT2D eigenvalue weighted by molar-refractivity contribution is 0.395. The molecule has 0 saturated heterocycles. The Hall–Kier alpha value is -1.42. The van der Waals surface area contributed by atoms with Gasteiger partial charge in [0.2, 0.25) is 0 Å². The highest BCUT2D eigenvalue weighted by molar-refractivity contribution is 5.78. The second-order valence-electron chi connectivity index (χ2n) is 5.12. The van der Waals surface area contributed by atoms with Gasteiger partial charge in [-0.25, -0.2) is 8.78 Å². The summed E-state index contributed by atoms with van der Waals surface area (Å²) in [6.45, 7) is 6.56. The van der Waals surface area contributed by atoms with Crippen molar-refractivity contribution in [3.63, 3.8) is 0 Å². The standard InChI is InChI=1S/C13H15F2NO/c1-13(2,3)16-7-9-6-10-11(15)4-8(14)5-12(10)17-9/h4-6,16H,7H2,1-3H3. The molecule has 2 nitrogen and oxygen atoms in total. The van der Waals surface area contributed by atoms with Crippen molar-refractivity contribution < 1.29 is 13.2 Å². The van der Waals surface area contributed by atoms with Crippen LogP contribution in [0.1, 0.15) is 26.5 Å². The number of furan rings is 1. The molecule has 2 rings (SSSR count). The molecule has 0 amide bonds. The first kappa shape index (κ1) is 12.0. The zero-order valence-corrected chi connectivity index (χ0v) is 10.1. The number of benzene rings is 1. The lowest BCUT2D eigenvalue weighted by atomic mass is 10.1. The van der Waals surface area contributed by atoms with Gasteiger partial charge in [-0.1, -0.05) is 0 Å². The van der Waals surface area contributed by atoms with E-state index in [2.05, 4.69) is 5.32 Å². The molecule has 0 saturated carbocycles. The average Bonchev–Trinajstić information content (AvgIpc) is 2.56. The Balaban J connectivity index is 2.29. The molecule has 0 aliphatic rings. The third kappa shape index (κ3) is 2.82. The predicted molar refractivity (Wildman–Crippen MR) is 62.7 cm³/mol. The first-order valence-electron chi connectivity index (χ1n) is 5.48. The van der Waals surface area contributed by atoms with E-state index in [1.807, 2.05) is 20.8 Å². The molecule has 1 N–H and O–H groups in total. The number of rotatable bonds is 2. The summed E-state index contributed by atoms with van der Waals surface area (Å²) in [4.78, 5) is 0. The summed E-state index contributed by atoms with van der Waals surface area (Å²) in [6.07, 6.45) is 0. The quantitative estimate of drug-likeness (QED) is 0.866. The van der Waals surface area contributed by atoms with E-state index in [-0.39, 0.29) is 11.1 Å². The summed E-state index contributed by atoms with van der Waals surface area (Å²) in [7, 11) is 0. The summed E-state index contributed by atoms with van der Waals surface area (Å²) < 4.78 is 31.8. The monoisotopic (exact) mass is 239 g/mol. The minimum absolute atomic E-state index is 0.0528. The van der Waals surface area contributed by atoms with Gasteiger partial charge in [0.15, 0.2) is 0 Å². The van der Waals surface area contributed by atoms with Gasteiger partial charge in [-0.3, -0.25) is 0 Å². The van der Waals surface area contributed by atoms with Crippen LogP contribution >= 0.6 is 0 Å². The maximum absolute atomic E-state index is 13.4. The highest BCUT2D eigenvalue weighted by atomic mass is 19.1. The largest absolute Gasteiger partial charge is 0.459 e. The Morgan fingerprint density at radius 2 is 1.88 bits per heavy atom. The van der Waals surface area contributed by atoms with Gasteiger partial charge in [0.1, 0.15) is 23.0 Å². The molecule has 4 heteroatoms. The molecule has 0 atom stereocenters. The second-order valence-corrected chi connectivity index (χ2v) is 5.12. The van der Waals surface area contributed by atoms with E-state index in [1.165, 1.54) is 6.07 Å². The van der Waals surface area contributed by atoms with E-state index in [0.717, 1.165) is 6.07 Å². The van der Waals surface area contributed by atoms with Crippen LogP contribution in [0.15, 0.2) is 22.6 Å². The SMILES string of the molecule is CC(C)(C)NCc1cc2c(F)cc(F)cc2o1. The maximum Gasteiger partial charge on any atom is 0.140 e. The minimum Gasteiger partial charge on any atom is -0.459 e. The molecule has 92 valence electrons. The van der Waals surface area contributed by atoms with E-state index in [9.17, 15) is 8.78 Å². The molecule has 1 aromatic carbocycles. The average molecular weight is 239 g/mol. The molecule has 1 aromatic heterocycles. The van der Waals surface area contributed by atoms with Gasteiger partial charge in [0, 0.05) is 17.7 Å². The van der Waals surface area contributed by atoms with Gasteiger partial charge < -0.3 is 9.73 Å². The summed E-state index contributed by atoms with van der Waals surface area (Å²) in [5.41, 5.74) is 0.191. The van der Waals surface area contributed by atoms with Crippen molar-refractivity contribution in [2.24, 2.45) is 0 Å². The highest BCUT2D eigenvalue weighted by Gasteiger charge is 2.13. The maximum atomic E-state index is 13.4. The fourth-order valence-electron chi connectivity index (χ4n) is 1.56. The fraction of sp³-hybridized carbons (Fsp3) is 0.385. The van der Waals surface area contributed by atoms with Gasteiger partial charge >= 0.3 is 0 Å². The van der Waals surface area contributed by atoms with Crippen LogP contribution in [0.4, 0.5) is 8.78 Å². The highest BCUT2D eigenvalue weighted by Crippen LogP contribution is 2.23. The number of nitrogens with one attached hydrogen (secondary N) is 1. The summed E-state index contributed by atoms with van der Waals surface area (Å²) in [5, 5.41) is 3.54. The Kier molecular flexibility index (Phi) is 2.91. The van der Waals surface area contributed by atoms with Crippen LogP contribution < -0.4 is 5.32 Å². The number of halogens is 2. The zero-order chi connectivity index (χ0) is 12.6. The van der Waals surface area contributed by atoms with Crippen LogP contribution in [0, 0.1) is 11.6 Å². The summed E-state index contributed by atoms with van der Waals surface area (Å²) >= 11 is 0. The van der Waals surface area contributed by atoms with Crippen LogP contribution in [0.25, 0.3) is 11.0 Å². The first-order chi connectivity index (χ1) is 7.85. The number of hydrogen-bond donors (Lipinski definition) is 1.